The highest BCUT2D eigenvalue weighted by molar-refractivity contribution is 7.07. The Kier molecular flexibility index (Phi) is 4.17. The Balaban J connectivity index is 1.98. The van der Waals surface area contributed by atoms with Crippen LogP contribution in [0.4, 0.5) is 0 Å². The lowest BCUT2D eigenvalue weighted by Gasteiger charge is -2.40. The summed E-state index contributed by atoms with van der Waals surface area (Å²) < 4.78 is 5.79. The van der Waals surface area contributed by atoms with Crippen molar-refractivity contribution in [1.82, 2.24) is 9.88 Å². The largest absolute Gasteiger partial charge is 0.375 e. The van der Waals surface area contributed by atoms with E-state index in [1.165, 1.54) is 5.69 Å². The van der Waals surface area contributed by atoms with Gasteiger partial charge in [0.25, 0.3) is 0 Å². The van der Waals surface area contributed by atoms with Crippen LogP contribution < -0.4 is 0 Å². The first-order chi connectivity index (χ1) is 8.11. The first kappa shape index (κ1) is 13.0. The molecule has 1 atom stereocenters. The van der Waals surface area contributed by atoms with E-state index in [9.17, 15) is 0 Å². The van der Waals surface area contributed by atoms with Crippen molar-refractivity contribution in [2.45, 2.75) is 51.8 Å². The predicted molar refractivity (Wildman–Crippen MR) is 71.3 cm³/mol. The quantitative estimate of drug-likeness (QED) is 0.826. The lowest BCUT2D eigenvalue weighted by molar-refractivity contribution is -0.0839. The second-order valence-corrected chi connectivity index (χ2v) is 6.02. The van der Waals surface area contributed by atoms with E-state index in [0.717, 1.165) is 32.5 Å². The average molecular weight is 254 g/mol. The lowest BCUT2D eigenvalue weighted by atomic mass is 9.92. The summed E-state index contributed by atoms with van der Waals surface area (Å²) in [5, 5.41) is 2.15. The fraction of sp³-hybridized carbons (Fsp3) is 0.769. The van der Waals surface area contributed by atoms with Crippen LogP contribution in [0.2, 0.25) is 0 Å². The van der Waals surface area contributed by atoms with Crippen LogP contribution in [0.15, 0.2) is 10.9 Å². The molecule has 17 heavy (non-hydrogen) atoms. The van der Waals surface area contributed by atoms with Crippen LogP contribution in [0.3, 0.4) is 0 Å². The monoisotopic (exact) mass is 254 g/mol. The molecule has 1 saturated heterocycles. The summed E-state index contributed by atoms with van der Waals surface area (Å²) in [5.74, 6) is 0. The molecule has 0 N–H and O–H groups in total. The van der Waals surface area contributed by atoms with E-state index in [1.807, 2.05) is 5.51 Å². The third-order valence-corrected chi connectivity index (χ3v) is 4.08. The zero-order chi connectivity index (χ0) is 12.3. The number of rotatable bonds is 4. The Morgan fingerprint density at radius 3 is 3.00 bits per heavy atom. The van der Waals surface area contributed by atoms with E-state index in [-0.39, 0.29) is 5.60 Å². The standard InChI is InChI=1S/C13H22N2OS/c1-4-15(8-11-9-17-10-14-11)12-5-6-16-13(2,3)7-12/h9-10,12H,4-8H2,1-3H3/t12-/m0/s1. The smallest absolute Gasteiger partial charge is 0.0795 e. The van der Waals surface area contributed by atoms with Gasteiger partial charge in [0.2, 0.25) is 0 Å². The molecule has 0 unspecified atom stereocenters. The summed E-state index contributed by atoms with van der Waals surface area (Å²) in [6, 6.07) is 0.630. The second-order valence-electron chi connectivity index (χ2n) is 5.30. The highest BCUT2D eigenvalue weighted by Gasteiger charge is 2.31. The molecule has 2 heterocycles. The minimum atomic E-state index is 0.0262. The normalized spacial score (nSPS) is 24.1. The van der Waals surface area contributed by atoms with Crippen LogP contribution in [0.25, 0.3) is 0 Å². The molecule has 96 valence electrons. The van der Waals surface area contributed by atoms with Crippen molar-refractivity contribution < 1.29 is 4.74 Å². The van der Waals surface area contributed by atoms with Crippen molar-refractivity contribution in [3.8, 4) is 0 Å². The molecule has 1 aromatic heterocycles. The number of hydrogen-bond acceptors (Lipinski definition) is 4. The molecule has 0 aromatic carbocycles. The summed E-state index contributed by atoms with van der Waals surface area (Å²) >= 11 is 1.68. The topological polar surface area (TPSA) is 25.4 Å². The van der Waals surface area contributed by atoms with E-state index in [4.69, 9.17) is 4.74 Å². The molecule has 1 aromatic rings. The maximum atomic E-state index is 5.79. The Hall–Kier alpha value is -0.450. The zero-order valence-electron chi connectivity index (χ0n) is 11.0. The fourth-order valence-electron chi connectivity index (χ4n) is 2.53. The molecule has 3 nitrogen and oxygen atoms in total. The predicted octanol–water partition coefficient (Wildman–Crippen LogP) is 2.92. The van der Waals surface area contributed by atoms with Gasteiger partial charge in [-0.3, -0.25) is 4.90 Å². The van der Waals surface area contributed by atoms with Crippen LogP contribution >= 0.6 is 11.3 Å². The Bertz CT molecular complexity index is 337. The van der Waals surface area contributed by atoms with Gasteiger partial charge in [0.1, 0.15) is 0 Å². The number of hydrogen-bond donors (Lipinski definition) is 0. The van der Waals surface area contributed by atoms with Crippen LogP contribution in [0, 0.1) is 0 Å². The summed E-state index contributed by atoms with van der Waals surface area (Å²) in [6.07, 6.45) is 2.26. The summed E-state index contributed by atoms with van der Waals surface area (Å²) in [4.78, 5) is 6.91. The van der Waals surface area contributed by atoms with Crippen LogP contribution in [-0.2, 0) is 11.3 Å². The molecule has 1 aliphatic heterocycles. The van der Waals surface area contributed by atoms with E-state index in [2.05, 4.69) is 36.0 Å². The van der Waals surface area contributed by atoms with Gasteiger partial charge in [-0.05, 0) is 33.2 Å². The fourth-order valence-corrected chi connectivity index (χ4v) is 3.08. The minimum absolute atomic E-state index is 0.0262. The molecule has 0 spiro atoms. The molecule has 1 fully saturated rings. The van der Waals surface area contributed by atoms with Gasteiger partial charge in [0.05, 0.1) is 16.8 Å². The Labute approximate surface area is 108 Å². The van der Waals surface area contributed by atoms with Gasteiger partial charge in [-0.2, -0.15) is 0 Å². The first-order valence-corrected chi connectivity index (χ1v) is 7.30. The summed E-state index contributed by atoms with van der Waals surface area (Å²) in [7, 11) is 0. The number of thiazole rings is 1. The van der Waals surface area contributed by atoms with Gasteiger partial charge in [-0.1, -0.05) is 6.92 Å². The van der Waals surface area contributed by atoms with Crippen molar-refractivity contribution in [3.63, 3.8) is 0 Å². The summed E-state index contributed by atoms with van der Waals surface area (Å²) in [6.45, 7) is 9.55. The van der Waals surface area contributed by atoms with Crippen molar-refractivity contribution in [2.75, 3.05) is 13.2 Å². The maximum Gasteiger partial charge on any atom is 0.0795 e. The second kappa shape index (κ2) is 5.46. The SMILES string of the molecule is CCN(Cc1cscn1)[C@H]1CCOC(C)(C)C1. The van der Waals surface area contributed by atoms with Gasteiger partial charge < -0.3 is 4.74 Å². The average Bonchev–Trinajstić information content (AvgIpc) is 2.77. The molecule has 2 rings (SSSR count). The van der Waals surface area contributed by atoms with Gasteiger partial charge in [-0.15, -0.1) is 11.3 Å². The Morgan fingerprint density at radius 1 is 1.59 bits per heavy atom. The molecule has 1 aliphatic rings. The van der Waals surface area contributed by atoms with Crippen LogP contribution in [-0.4, -0.2) is 34.7 Å². The van der Waals surface area contributed by atoms with E-state index in [1.54, 1.807) is 11.3 Å². The molecule has 0 radical (unpaired) electrons. The van der Waals surface area contributed by atoms with Crippen molar-refractivity contribution in [2.24, 2.45) is 0 Å². The molecule has 0 saturated carbocycles. The number of ether oxygens (including phenoxy) is 1. The molecule has 4 heteroatoms. The first-order valence-electron chi connectivity index (χ1n) is 6.36. The van der Waals surface area contributed by atoms with E-state index >= 15 is 0 Å². The highest BCUT2D eigenvalue weighted by Crippen LogP contribution is 2.28. The minimum Gasteiger partial charge on any atom is -0.375 e. The van der Waals surface area contributed by atoms with E-state index in [0.29, 0.717) is 6.04 Å². The number of aromatic nitrogens is 1. The van der Waals surface area contributed by atoms with Crippen LogP contribution in [0.1, 0.15) is 39.3 Å². The van der Waals surface area contributed by atoms with Crippen molar-refractivity contribution in [3.05, 3.63) is 16.6 Å². The lowest BCUT2D eigenvalue weighted by Crippen LogP contribution is -2.45. The van der Waals surface area contributed by atoms with Gasteiger partial charge in [-0.25, -0.2) is 4.98 Å². The molecule has 0 aliphatic carbocycles. The van der Waals surface area contributed by atoms with Crippen LogP contribution in [0.5, 0.6) is 0 Å². The highest BCUT2D eigenvalue weighted by atomic mass is 32.1. The molecular formula is C13H22N2OS. The van der Waals surface area contributed by atoms with Crippen molar-refractivity contribution in [1.29, 1.82) is 0 Å². The number of nitrogens with zero attached hydrogens (tertiary/aromatic N) is 2. The summed E-state index contributed by atoms with van der Waals surface area (Å²) in [5.41, 5.74) is 3.14. The molecule has 0 amide bonds. The third kappa shape index (κ3) is 3.50. The van der Waals surface area contributed by atoms with E-state index < -0.39 is 0 Å². The van der Waals surface area contributed by atoms with Gasteiger partial charge in [0.15, 0.2) is 0 Å². The molecule has 0 bridgehead atoms. The Morgan fingerprint density at radius 2 is 2.41 bits per heavy atom. The van der Waals surface area contributed by atoms with Gasteiger partial charge >= 0.3 is 0 Å². The third-order valence-electron chi connectivity index (χ3n) is 3.44. The zero-order valence-corrected chi connectivity index (χ0v) is 11.8. The maximum absolute atomic E-state index is 5.79. The molecular weight excluding hydrogens is 232 g/mol. The van der Waals surface area contributed by atoms with Gasteiger partial charge in [0, 0.05) is 24.6 Å². The van der Waals surface area contributed by atoms with Crippen molar-refractivity contribution >= 4 is 11.3 Å².